The number of rotatable bonds is 7. The number of carboxylic acids is 1. The minimum Gasteiger partial charge on any atom is -0.478 e. The molecule has 0 aliphatic heterocycles. The van der Waals surface area contributed by atoms with Crippen molar-refractivity contribution >= 4 is 23.6 Å². The van der Waals surface area contributed by atoms with Crippen LogP contribution in [0.5, 0.6) is 0 Å². The van der Waals surface area contributed by atoms with E-state index < -0.39 is 5.97 Å². The van der Waals surface area contributed by atoms with Crippen LogP contribution in [0.2, 0.25) is 0 Å². The standard InChI is InChI=1S/C13H18N2O3S/c1-3-19-8-4-7-14-12(16)11-6-5-10(13(17)18)9(2)15-11/h5-6H,3-4,7-8H2,1-2H3,(H,14,16)(H,17,18). The molecule has 2 N–H and O–H groups in total. The topological polar surface area (TPSA) is 79.3 Å². The Labute approximate surface area is 116 Å². The monoisotopic (exact) mass is 282 g/mol. The summed E-state index contributed by atoms with van der Waals surface area (Å²) in [6.45, 7) is 4.28. The van der Waals surface area contributed by atoms with Gasteiger partial charge in [0.2, 0.25) is 0 Å². The van der Waals surface area contributed by atoms with Crippen molar-refractivity contribution in [3.8, 4) is 0 Å². The number of nitrogens with zero attached hydrogens (tertiary/aromatic N) is 1. The molecule has 19 heavy (non-hydrogen) atoms. The van der Waals surface area contributed by atoms with Crippen LogP contribution >= 0.6 is 11.8 Å². The molecule has 1 rings (SSSR count). The molecular weight excluding hydrogens is 264 g/mol. The van der Waals surface area contributed by atoms with E-state index in [2.05, 4.69) is 17.2 Å². The van der Waals surface area contributed by atoms with Crippen molar-refractivity contribution in [3.63, 3.8) is 0 Å². The van der Waals surface area contributed by atoms with Crippen LogP contribution in [0.25, 0.3) is 0 Å². The Balaban J connectivity index is 2.53. The van der Waals surface area contributed by atoms with Crippen molar-refractivity contribution < 1.29 is 14.7 Å². The highest BCUT2D eigenvalue weighted by Crippen LogP contribution is 2.07. The largest absolute Gasteiger partial charge is 0.478 e. The smallest absolute Gasteiger partial charge is 0.337 e. The van der Waals surface area contributed by atoms with E-state index in [0.717, 1.165) is 17.9 Å². The van der Waals surface area contributed by atoms with E-state index in [1.165, 1.54) is 12.1 Å². The molecule has 0 saturated heterocycles. The Bertz CT molecular complexity index is 463. The molecule has 0 fully saturated rings. The van der Waals surface area contributed by atoms with E-state index in [1.807, 2.05) is 11.8 Å². The highest BCUT2D eigenvalue weighted by molar-refractivity contribution is 7.99. The third-order valence-corrected chi connectivity index (χ3v) is 3.49. The molecule has 0 spiro atoms. The zero-order valence-corrected chi connectivity index (χ0v) is 11.9. The molecule has 6 heteroatoms. The first-order chi connectivity index (χ1) is 9.06. The molecule has 0 aromatic carbocycles. The van der Waals surface area contributed by atoms with Crippen LogP contribution in [-0.2, 0) is 0 Å². The Morgan fingerprint density at radius 1 is 1.42 bits per heavy atom. The molecule has 0 atom stereocenters. The fourth-order valence-corrected chi connectivity index (χ4v) is 2.16. The van der Waals surface area contributed by atoms with Crippen LogP contribution in [0.3, 0.4) is 0 Å². The molecule has 0 radical (unpaired) electrons. The average molecular weight is 282 g/mol. The van der Waals surface area contributed by atoms with Crippen molar-refractivity contribution in [2.24, 2.45) is 0 Å². The van der Waals surface area contributed by atoms with Crippen LogP contribution < -0.4 is 5.32 Å². The second-order valence-corrected chi connectivity index (χ2v) is 5.33. The molecule has 104 valence electrons. The number of hydrogen-bond acceptors (Lipinski definition) is 4. The highest BCUT2D eigenvalue weighted by atomic mass is 32.2. The Kier molecular flexibility index (Phi) is 6.35. The van der Waals surface area contributed by atoms with Gasteiger partial charge in [-0.25, -0.2) is 9.78 Å². The van der Waals surface area contributed by atoms with Crippen LogP contribution in [0.1, 0.15) is 39.9 Å². The molecule has 0 aliphatic rings. The Morgan fingerprint density at radius 2 is 2.16 bits per heavy atom. The number of carbonyl (C=O) groups excluding carboxylic acids is 1. The minimum atomic E-state index is -1.03. The van der Waals surface area contributed by atoms with Gasteiger partial charge >= 0.3 is 5.97 Å². The SMILES string of the molecule is CCSCCCNC(=O)c1ccc(C(=O)O)c(C)n1. The van der Waals surface area contributed by atoms with Crippen molar-refractivity contribution in [2.75, 3.05) is 18.1 Å². The van der Waals surface area contributed by atoms with Gasteiger partial charge in [0.05, 0.1) is 11.3 Å². The summed E-state index contributed by atoms with van der Waals surface area (Å²) < 4.78 is 0. The van der Waals surface area contributed by atoms with Gasteiger partial charge in [-0.15, -0.1) is 0 Å². The van der Waals surface area contributed by atoms with E-state index in [-0.39, 0.29) is 17.2 Å². The first-order valence-electron chi connectivity index (χ1n) is 6.13. The summed E-state index contributed by atoms with van der Waals surface area (Å²) in [5, 5.41) is 11.6. The fraction of sp³-hybridized carbons (Fsp3) is 0.462. The molecule has 0 aliphatic carbocycles. The van der Waals surface area contributed by atoms with Crippen molar-refractivity contribution in [3.05, 3.63) is 29.1 Å². The normalized spacial score (nSPS) is 10.2. The second-order valence-electron chi connectivity index (χ2n) is 3.94. The molecule has 1 aromatic rings. The van der Waals surface area contributed by atoms with Gasteiger partial charge in [-0.1, -0.05) is 6.92 Å². The van der Waals surface area contributed by atoms with Crippen LogP contribution in [0, 0.1) is 6.92 Å². The molecule has 1 heterocycles. The fourth-order valence-electron chi connectivity index (χ4n) is 1.52. The lowest BCUT2D eigenvalue weighted by molar-refractivity contribution is 0.0694. The summed E-state index contributed by atoms with van der Waals surface area (Å²) in [5.74, 6) is 0.794. The zero-order chi connectivity index (χ0) is 14.3. The van der Waals surface area contributed by atoms with Gasteiger partial charge < -0.3 is 10.4 Å². The van der Waals surface area contributed by atoms with Crippen molar-refractivity contribution in [1.82, 2.24) is 10.3 Å². The predicted octanol–water partition coefficient (Wildman–Crippen LogP) is 1.96. The zero-order valence-electron chi connectivity index (χ0n) is 11.1. The van der Waals surface area contributed by atoms with Crippen molar-refractivity contribution in [1.29, 1.82) is 0 Å². The number of hydrogen-bond donors (Lipinski definition) is 2. The third-order valence-electron chi connectivity index (χ3n) is 2.50. The van der Waals surface area contributed by atoms with E-state index in [1.54, 1.807) is 6.92 Å². The quantitative estimate of drug-likeness (QED) is 0.747. The number of carboxylic acid groups (broad SMARTS) is 1. The molecule has 0 unspecified atom stereocenters. The Morgan fingerprint density at radius 3 is 2.74 bits per heavy atom. The summed E-state index contributed by atoms with van der Waals surface area (Å²) in [4.78, 5) is 26.6. The first kappa shape index (κ1) is 15.5. The van der Waals surface area contributed by atoms with Gasteiger partial charge in [0.1, 0.15) is 5.69 Å². The maximum Gasteiger partial charge on any atom is 0.337 e. The van der Waals surface area contributed by atoms with Gasteiger partial charge in [0, 0.05) is 6.54 Å². The molecule has 1 aromatic heterocycles. The van der Waals surface area contributed by atoms with E-state index in [9.17, 15) is 9.59 Å². The number of carbonyl (C=O) groups is 2. The lowest BCUT2D eigenvalue weighted by Crippen LogP contribution is -2.26. The second kappa shape index (κ2) is 7.78. The summed E-state index contributed by atoms with van der Waals surface area (Å²) >= 11 is 1.83. The molecule has 0 bridgehead atoms. The summed E-state index contributed by atoms with van der Waals surface area (Å²) in [6, 6.07) is 2.85. The Hall–Kier alpha value is -1.56. The molecular formula is C13H18N2O3S. The highest BCUT2D eigenvalue weighted by Gasteiger charge is 2.12. The lowest BCUT2D eigenvalue weighted by Gasteiger charge is -2.06. The summed E-state index contributed by atoms with van der Waals surface area (Å²) in [6.07, 6.45) is 0.913. The van der Waals surface area contributed by atoms with Crippen LogP contribution in [0.15, 0.2) is 12.1 Å². The van der Waals surface area contributed by atoms with E-state index in [0.29, 0.717) is 12.2 Å². The molecule has 0 saturated carbocycles. The number of aromatic carboxylic acids is 1. The van der Waals surface area contributed by atoms with Gasteiger partial charge in [-0.05, 0) is 37.0 Å². The number of amides is 1. The number of pyridine rings is 1. The van der Waals surface area contributed by atoms with E-state index in [4.69, 9.17) is 5.11 Å². The molecule has 1 amide bonds. The van der Waals surface area contributed by atoms with Crippen LogP contribution in [0.4, 0.5) is 0 Å². The number of aromatic nitrogens is 1. The van der Waals surface area contributed by atoms with Gasteiger partial charge in [0.25, 0.3) is 5.91 Å². The lowest BCUT2D eigenvalue weighted by atomic mass is 10.2. The van der Waals surface area contributed by atoms with Gasteiger partial charge in [-0.2, -0.15) is 11.8 Å². The van der Waals surface area contributed by atoms with Crippen LogP contribution in [-0.4, -0.2) is 40.0 Å². The van der Waals surface area contributed by atoms with Gasteiger partial charge in [-0.3, -0.25) is 4.79 Å². The predicted molar refractivity (Wildman–Crippen MR) is 75.9 cm³/mol. The summed E-state index contributed by atoms with van der Waals surface area (Å²) in [5.41, 5.74) is 0.725. The maximum absolute atomic E-state index is 11.8. The third kappa shape index (κ3) is 4.90. The first-order valence-corrected chi connectivity index (χ1v) is 7.28. The average Bonchev–Trinajstić information content (AvgIpc) is 2.37. The number of aryl methyl sites for hydroxylation is 1. The number of thioether (sulfide) groups is 1. The maximum atomic E-state index is 11.8. The molecule has 5 nitrogen and oxygen atoms in total. The number of nitrogens with one attached hydrogen (secondary N) is 1. The van der Waals surface area contributed by atoms with Crippen molar-refractivity contribution in [2.45, 2.75) is 20.3 Å². The van der Waals surface area contributed by atoms with E-state index >= 15 is 0 Å². The van der Waals surface area contributed by atoms with Gasteiger partial charge in [0.15, 0.2) is 0 Å². The summed E-state index contributed by atoms with van der Waals surface area (Å²) in [7, 11) is 0. The minimum absolute atomic E-state index is 0.121.